The Hall–Kier alpha value is -0.390. The first-order valence-corrected chi connectivity index (χ1v) is 4.43. The van der Waals surface area contributed by atoms with Crippen LogP contribution >= 0.6 is 22.6 Å². The molecule has 0 aromatic carbocycles. The third-order valence-electron chi connectivity index (χ3n) is 1.32. The highest BCUT2D eigenvalue weighted by atomic mass is 127. The van der Waals surface area contributed by atoms with Crippen LogP contribution < -0.4 is 0 Å². The Balaban J connectivity index is 3.06. The highest BCUT2D eigenvalue weighted by Gasteiger charge is 2.06. The van der Waals surface area contributed by atoms with Gasteiger partial charge in [0, 0.05) is 12.1 Å². The molecular formula is C7H9IN2O. The fourth-order valence-electron chi connectivity index (χ4n) is 0.809. The quantitative estimate of drug-likeness (QED) is 0.603. The number of aromatic nitrogens is 2. The van der Waals surface area contributed by atoms with Gasteiger partial charge in [0.15, 0.2) is 6.29 Å². The molecule has 0 saturated heterocycles. The topological polar surface area (TPSA) is 34.9 Å². The zero-order valence-electron chi connectivity index (χ0n) is 6.41. The van der Waals surface area contributed by atoms with E-state index in [1.54, 1.807) is 6.07 Å². The van der Waals surface area contributed by atoms with E-state index < -0.39 is 0 Å². The van der Waals surface area contributed by atoms with Gasteiger partial charge in [-0.1, -0.05) is 0 Å². The zero-order valence-corrected chi connectivity index (χ0v) is 8.57. The van der Waals surface area contributed by atoms with Crippen LogP contribution in [0.25, 0.3) is 0 Å². The van der Waals surface area contributed by atoms with Gasteiger partial charge < -0.3 is 0 Å². The van der Waals surface area contributed by atoms with E-state index in [-0.39, 0.29) is 0 Å². The Morgan fingerprint density at radius 2 is 2.36 bits per heavy atom. The summed E-state index contributed by atoms with van der Waals surface area (Å²) in [4.78, 5) is 10.3. The highest BCUT2D eigenvalue weighted by molar-refractivity contribution is 14.1. The van der Waals surface area contributed by atoms with Crippen LogP contribution in [0, 0.1) is 3.70 Å². The van der Waals surface area contributed by atoms with Crippen LogP contribution in [0.5, 0.6) is 0 Å². The molecule has 1 rings (SSSR count). The molecule has 0 radical (unpaired) electrons. The van der Waals surface area contributed by atoms with Gasteiger partial charge in [-0.25, -0.2) is 0 Å². The van der Waals surface area contributed by atoms with Crippen molar-refractivity contribution >= 4 is 28.9 Å². The molecular weight excluding hydrogens is 255 g/mol. The molecule has 4 heteroatoms. The van der Waals surface area contributed by atoms with Crippen molar-refractivity contribution in [1.82, 2.24) is 9.78 Å². The summed E-state index contributed by atoms with van der Waals surface area (Å²) in [5, 5.41) is 4.07. The molecule has 0 bridgehead atoms. The van der Waals surface area contributed by atoms with Crippen molar-refractivity contribution in [2.45, 2.75) is 19.9 Å². The average Bonchev–Trinajstić information content (AvgIpc) is 2.30. The summed E-state index contributed by atoms with van der Waals surface area (Å²) >= 11 is 2.16. The predicted molar refractivity (Wildman–Crippen MR) is 50.7 cm³/mol. The smallest absolute Gasteiger partial charge is 0.170 e. The molecule has 0 fully saturated rings. The monoisotopic (exact) mass is 264 g/mol. The lowest BCUT2D eigenvalue weighted by molar-refractivity contribution is 0.111. The number of carbonyl (C=O) groups is 1. The molecule has 0 N–H and O–H groups in total. The molecule has 60 valence electrons. The minimum atomic E-state index is 0.315. The molecule has 11 heavy (non-hydrogen) atoms. The van der Waals surface area contributed by atoms with Crippen LogP contribution in [0.2, 0.25) is 0 Å². The van der Waals surface area contributed by atoms with E-state index in [1.165, 1.54) is 0 Å². The predicted octanol–water partition coefficient (Wildman–Crippen LogP) is 1.88. The van der Waals surface area contributed by atoms with Gasteiger partial charge in [0.2, 0.25) is 0 Å². The van der Waals surface area contributed by atoms with Gasteiger partial charge >= 0.3 is 0 Å². The second-order valence-corrected chi connectivity index (χ2v) is 3.65. The molecule has 1 aromatic rings. The maximum Gasteiger partial charge on any atom is 0.170 e. The summed E-state index contributed by atoms with van der Waals surface area (Å²) in [6.07, 6.45) is 0.765. The summed E-state index contributed by atoms with van der Waals surface area (Å²) in [5.74, 6) is 0. The van der Waals surface area contributed by atoms with Crippen molar-refractivity contribution in [3.05, 3.63) is 15.5 Å². The lowest BCUT2D eigenvalue weighted by atomic mass is 10.4. The summed E-state index contributed by atoms with van der Waals surface area (Å²) in [6.45, 7) is 4.06. The van der Waals surface area contributed by atoms with Crippen LogP contribution in [0.15, 0.2) is 6.07 Å². The van der Waals surface area contributed by atoms with Gasteiger partial charge in [-0.05, 0) is 36.4 Å². The van der Waals surface area contributed by atoms with Crippen LogP contribution in [0.3, 0.4) is 0 Å². The Morgan fingerprint density at radius 1 is 1.73 bits per heavy atom. The van der Waals surface area contributed by atoms with E-state index in [4.69, 9.17) is 0 Å². The molecule has 0 aliphatic carbocycles. The molecule has 0 atom stereocenters. The van der Waals surface area contributed by atoms with Crippen LogP contribution in [-0.4, -0.2) is 16.1 Å². The van der Waals surface area contributed by atoms with E-state index in [1.807, 2.05) is 18.5 Å². The van der Waals surface area contributed by atoms with E-state index >= 15 is 0 Å². The van der Waals surface area contributed by atoms with Crippen molar-refractivity contribution in [2.24, 2.45) is 0 Å². The van der Waals surface area contributed by atoms with Crippen molar-refractivity contribution in [3.8, 4) is 0 Å². The van der Waals surface area contributed by atoms with Crippen LogP contribution in [-0.2, 0) is 0 Å². The van der Waals surface area contributed by atoms with Gasteiger partial charge in [0.1, 0.15) is 5.69 Å². The zero-order chi connectivity index (χ0) is 8.43. The van der Waals surface area contributed by atoms with Crippen LogP contribution in [0.1, 0.15) is 30.4 Å². The van der Waals surface area contributed by atoms with Crippen molar-refractivity contribution in [1.29, 1.82) is 0 Å². The van der Waals surface area contributed by atoms with Gasteiger partial charge in [-0.3, -0.25) is 9.48 Å². The maximum absolute atomic E-state index is 10.3. The van der Waals surface area contributed by atoms with Crippen molar-refractivity contribution in [3.63, 3.8) is 0 Å². The van der Waals surface area contributed by atoms with Crippen molar-refractivity contribution in [2.75, 3.05) is 0 Å². The third-order valence-corrected chi connectivity index (χ3v) is 2.12. The Kier molecular flexibility index (Phi) is 2.64. The fourth-order valence-corrected chi connectivity index (χ4v) is 1.79. The number of aldehydes is 1. The molecule has 0 saturated carbocycles. The first kappa shape index (κ1) is 8.70. The van der Waals surface area contributed by atoms with E-state index in [0.717, 1.165) is 9.99 Å². The lowest BCUT2D eigenvalue weighted by Gasteiger charge is -2.05. The molecule has 0 aliphatic heterocycles. The Morgan fingerprint density at radius 3 is 2.64 bits per heavy atom. The van der Waals surface area contributed by atoms with E-state index in [9.17, 15) is 4.79 Å². The molecule has 0 spiro atoms. The lowest BCUT2D eigenvalue weighted by Crippen LogP contribution is -2.04. The standard InChI is InChI=1S/C7H9IN2O/c1-5(2)10-7(8)3-6(4-11)9-10/h3-5H,1-2H3. The van der Waals surface area contributed by atoms with Gasteiger partial charge in [-0.15, -0.1) is 0 Å². The van der Waals surface area contributed by atoms with Crippen LogP contribution in [0.4, 0.5) is 0 Å². The second-order valence-electron chi connectivity index (χ2n) is 2.55. The molecule has 3 nitrogen and oxygen atoms in total. The summed E-state index contributed by atoms with van der Waals surface area (Å²) in [5.41, 5.74) is 0.503. The number of hydrogen-bond acceptors (Lipinski definition) is 2. The fraction of sp³-hybridized carbons (Fsp3) is 0.429. The van der Waals surface area contributed by atoms with E-state index in [0.29, 0.717) is 11.7 Å². The third kappa shape index (κ3) is 1.79. The first-order valence-electron chi connectivity index (χ1n) is 3.35. The number of rotatable bonds is 2. The molecule has 0 aliphatic rings. The highest BCUT2D eigenvalue weighted by Crippen LogP contribution is 2.11. The Labute approximate surface area is 78.9 Å². The summed E-state index contributed by atoms with van der Waals surface area (Å²) < 4.78 is 2.82. The molecule has 1 aromatic heterocycles. The van der Waals surface area contributed by atoms with E-state index in [2.05, 4.69) is 27.7 Å². The molecule has 0 unspecified atom stereocenters. The Bertz CT molecular complexity index is 267. The second kappa shape index (κ2) is 3.34. The number of carbonyl (C=O) groups excluding carboxylic acids is 1. The number of halogens is 1. The normalized spacial score (nSPS) is 10.5. The summed E-state index contributed by atoms with van der Waals surface area (Å²) in [6, 6.07) is 2.09. The minimum Gasteiger partial charge on any atom is -0.296 e. The largest absolute Gasteiger partial charge is 0.296 e. The van der Waals surface area contributed by atoms with Gasteiger partial charge in [0.25, 0.3) is 0 Å². The SMILES string of the molecule is CC(C)n1nc(C=O)cc1I. The maximum atomic E-state index is 10.3. The summed E-state index contributed by atoms with van der Waals surface area (Å²) in [7, 11) is 0. The first-order chi connectivity index (χ1) is 5.15. The van der Waals surface area contributed by atoms with Crippen molar-refractivity contribution < 1.29 is 4.79 Å². The number of hydrogen-bond donors (Lipinski definition) is 0. The van der Waals surface area contributed by atoms with Gasteiger partial charge in [-0.2, -0.15) is 5.10 Å². The van der Waals surface area contributed by atoms with Gasteiger partial charge in [0.05, 0.1) is 3.70 Å². The average molecular weight is 264 g/mol. The molecule has 1 heterocycles. The number of nitrogens with zero attached hydrogens (tertiary/aromatic N) is 2. The minimum absolute atomic E-state index is 0.315. The molecule has 0 amide bonds.